The van der Waals surface area contributed by atoms with Crippen molar-refractivity contribution in [2.75, 3.05) is 0 Å². The molecule has 3 N–H and O–H groups in total. The molecule has 0 spiro atoms. The minimum absolute atomic E-state index is 0. The molecule has 0 aliphatic rings. The first-order chi connectivity index (χ1) is 7.22. The maximum absolute atomic E-state index is 12.6. The fourth-order valence-corrected chi connectivity index (χ4v) is 1.26. The normalized spacial score (nSPS) is 12.0. The standard InChI is InChI=1S/C8H6F4O3S.H3N/c9-7-3-1-2-6(4-7)5-15-16(13,14)8(10,11)12;/h1-4H,5H2;1H3. The smallest absolute Gasteiger partial charge is 0.344 e. The third-order valence-electron chi connectivity index (χ3n) is 1.55. The number of benzene rings is 1. The third kappa shape index (κ3) is 4.29. The predicted octanol–water partition coefficient (Wildman–Crippen LogP) is 2.35. The van der Waals surface area contributed by atoms with E-state index in [1.54, 1.807) is 0 Å². The minimum Gasteiger partial charge on any atom is -0.344 e. The molecular weight excluding hydrogens is 266 g/mol. The fourth-order valence-electron chi connectivity index (χ4n) is 0.839. The summed E-state index contributed by atoms with van der Waals surface area (Å²) in [6.45, 7) is -0.862. The zero-order chi connectivity index (χ0) is 12.4. The summed E-state index contributed by atoms with van der Waals surface area (Å²) in [5.74, 6) is -0.689. The second-order valence-corrected chi connectivity index (χ2v) is 4.40. The van der Waals surface area contributed by atoms with Crippen molar-refractivity contribution >= 4 is 10.1 Å². The summed E-state index contributed by atoms with van der Waals surface area (Å²) in [5.41, 5.74) is -5.48. The summed E-state index contributed by atoms with van der Waals surface area (Å²) < 4.78 is 72.7. The number of halogens is 4. The fraction of sp³-hybridized carbons (Fsp3) is 0.250. The molecule has 0 heterocycles. The van der Waals surface area contributed by atoms with Gasteiger partial charge in [-0.2, -0.15) is 21.6 Å². The van der Waals surface area contributed by atoms with E-state index in [0.29, 0.717) is 0 Å². The van der Waals surface area contributed by atoms with Crippen LogP contribution in [0.3, 0.4) is 0 Å². The molecule has 4 nitrogen and oxygen atoms in total. The largest absolute Gasteiger partial charge is 0.523 e. The molecule has 1 rings (SSSR count). The van der Waals surface area contributed by atoms with Crippen LogP contribution in [0, 0.1) is 5.82 Å². The minimum atomic E-state index is -5.63. The zero-order valence-electron chi connectivity index (χ0n) is 8.37. The van der Waals surface area contributed by atoms with Gasteiger partial charge in [-0.15, -0.1) is 0 Å². The van der Waals surface area contributed by atoms with E-state index in [1.807, 2.05) is 0 Å². The van der Waals surface area contributed by atoms with E-state index in [4.69, 9.17) is 0 Å². The highest BCUT2D eigenvalue weighted by Gasteiger charge is 2.47. The van der Waals surface area contributed by atoms with Crippen LogP contribution in [0.1, 0.15) is 5.56 Å². The van der Waals surface area contributed by atoms with Gasteiger partial charge in [0, 0.05) is 0 Å². The van der Waals surface area contributed by atoms with Gasteiger partial charge in [0.15, 0.2) is 0 Å². The Bertz CT molecular complexity index is 472. The molecule has 0 radical (unpaired) electrons. The number of rotatable bonds is 3. The molecule has 0 saturated carbocycles. The van der Waals surface area contributed by atoms with Gasteiger partial charge in [-0.3, -0.25) is 4.18 Å². The molecule has 0 bridgehead atoms. The first-order valence-electron chi connectivity index (χ1n) is 3.92. The number of alkyl halides is 3. The second-order valence-electron chi connectivity index (χ2n) is 2.79. The Morgan fingerprint density at radius 2 is 1.82 bits per heavy atom. The van der Waals surface area contributed by atoms with Crippen molar-refractivity contribution < 1.29 is 30.2 Å². The molecule has 0 amide bonds. The lowest BCUT2D eigenvalue weighted by Gasteiger charge is -2.08. The molecule has 1 aromatic rings. The van der Waals surface area contributed by atoms with Crippen LogP contribution in [0.15, 0.2) is 24.3 Å². The molecule has 98 valence electrons. The quantitative estimate of drug-likeness (QED) is 0.521. The number of hydrogen-bond acceptors (Lipinski definition) is 4. The predicted molar refractivity (Wildman–Crippen MR) is 51.2 cm³/mol. The van der Waals surface area contributed by atoms with E-state index in [0.717, 1.165) is 12.1 Å². The van der Waals surface area contributed by atoms with E-state index in [1.165, 1.54) is 12.1 Å². The Morgan fingerprint density at radius 1 is 1.24 bits per heavy atom. The van der Waals surface area contributed by atoms with Gasteiger partial charge < -0.3 is 6.15 Å². The van der Waals surface area contributed by atoms with Gasteiger partial charge in [-0.05, 0) is 17.7 Å². The molecule has 0 unspecified atom stereocenters. The van der Waals surface area contributed by atoms with Crippen LogP contribution in [0.2, 0.25) is 0 Å². The Kier molecular flexibility index (Phi) is 5.05. The van der Waals surface area contributed by atoms with Crippen LogP contribution in [0.4, 0.5) is 17.6 Å². The third-order valence-corrected chi connectivity index (χ3v) is 2.55. The Balaban J connectivity index is 0.00000256. The average molecular weight is 275 g/mol. The molecule has 0 fully saturated rings. The molecule has 17 heavy (non-hydrogen) atoms. The van der Waals surface area contributed by atoms with Crippen LogP contribution < -0.4 is 6.15 Å². The maximum atomic E-state index is 12.6. The summed E-state index contributed by atoms with van der Waals surface area (Å²) in [6.07, 6.45) is 0. The number of hydrogen-bond donors (Lipinski definition) is 1. The van der Waals surface area contributed by atoms with Crippen molar-refractivity contribution in [1.82, 2.24) is 6.15 Å². The molecule has 0 aliphatic heterocycles. The summed E-state index contributed by atoms with van der Waals surface area (Å²) in [7, 11) is -5.63. The summed E-state index contributed by atoms with van der Waals surface area (Å²) in [6, 6.07) is 4.43. The zero-order valence-corrected chi connectivity index (χ0v) is 9.18. The van der Waals surface area contributed by atoms with E-state index in [-0.39, 0.29) is 11.7 Å². The van der Waals surface area contributed by atoms with Crippen LogP contribution in [-0.2, 0) is 20.9 Å². The SMILES string of the molecule is N.O=S(=O)(OCc1cccc(F)c1)C(F)(F)F. The topological polar surface area (TPSA) is 78.4 Å². The van der Waals surface area contributed by atoms with E-state index >= 15 is 0 Å². The van der Waals surface area contributed by atoms with Gasteiger partial charge in [0.05, 0.1) is 6.61 Å². The molecule has 0 atom stereocenters. The molecule has 1 aromatic carbocycles. The Hall–Kier alpha value is -1.19. The van der Waals surface area contributed by atoms with E-state index < -0.39 is 28.1 Å². The highest BCUT2D eigenvalue weighted by atomic mass is 32.2. The highest BCUT2D eigenvalue weighted by Crippen LogP contribution is 2.25. The van der Waals surface area contributed by atoms with Crippen molar-refractivity contribution in [2.45, 2.75) is 12.1 Å². The summed E-state index contributed by atoms with van der Waals surface area (Å²) in [5, 5.41) is 0. The molecule has 0 saturated heterocycles. The summed E-state index contributed by atoms with van der Waals surface area (Å²) in [4.78, 5) is 0. The van der Waals surface area contributed by atoms with Gasteiger partial charge in [0.1, 0.15) is 5.82 Å². The van der Waals surface area contributed by atoms with Crippen molar-refractivity contribution in [3.05, 3.63) is 35.6 Å². The van der Waals surface area contributed by atoms with Crippen molar-refractivity contribution in [1.29, 1.82) is 0 Å². The molecule has 0 aromatic heterocycles. The molecule has 9 heteroatoms. The molecule has 0 aliphatic carbocycles. The first kappa shape index (κ1) is 15.8. The Morgan fingerprint density at radius 3 is 2.29 bits per heavy atom. The van der Waals surface area contributed by atoms with Crippen LogP contribution in [-0.4, -0.2) is 13.9 Å². The first-order valence-corrected chi connectivity index (χ1v) is 5.33. The van der Waals surface area contributed by atoms with Gasteiger partial charge in [-0.1, -0.05) is 12.1 Å². The second kappa shape index (κ2) is 5.43. The average Bonchev–Trinajstić information content (AvgIpc) is 2.13. The van der Waals surface area contributed by atoms with Crippen LogP contribution >= 0.6 is 0 Å². The molecular formula is C8H9F4NO3S. The van der Waals surface area contributed by atoms with E-state index in [9.17, 15) is 26.0 Å². The highest BCUT2D eigenvalue weighted by molar-refractivity contribution is 7.87. The van der Waals surface area contributed by atoms with Gasteiger partial charge in [0.2, 0.25) is 0 Å². The summed E-state index contributed by atoms with van der Waals surface area (Å²) >= 11 is 0. The lowest BCUT2D eigenvalue weighted by molar-refractivity contribution is -0.0547. The van der Waals surface area contributed by atoms with Crippen LogP contribution in [0.25, 0.3) is 0 Å². The van der Waals surface area contributed by atoms with Gasteiger partial charge >= 0.3 is 15.6 Å². The van der Waals surface area contributed by atoms with Gasteiger partial charge in [0.25, 0.3) is 0 Å². The van der Waals surface area contributed by atoms with Crippen molar-refractivity contribution in [3.8, 4) is 0 Å². The lowest BCUT2D eigenvalue weighted by Crippen LogP contribution is -2.25. The van der Waals surface area contributed by atoms with Gasteiger partial charge in [-0.25, -0.2) is 4.39 Å². The monoisotopic (exact) mass is 275 g/mol. The van der Waals surface area contributed by atoms with Crippen LogP contribution in [0.5, 0.6) is 0 Å². The van der Waals surface area contributed by atoms with Crippen molar-refractivity contribution in [3.63, 3.8) is 0 Å². The maximum Gasteiger partial charge on any atom is 0.523 e. The Labute approximate surface area is 94.9 Å². The van der Waals surface area contributed by atoms with E-state index in [2.05, 4.69) is 4.18 Å². The lowest BCUT2D eigenvalue weighted by atomic mass is 10.2. The van der Waals surface area contributed by atoms with Crippen molar-refractivity contribution in [2.24, 2.45) is 0 Å².